The standard InChI is InChI=1S/C10H13NO.C2H6/c1-7-5-9(8(2)11-6-7)10(12)3-4-10;1-2/h5-6,12H,3-4H2,1-2H3;1-2H3. The van der Waals surface area contributed by atoms with Crippen molar-refractivity contribution in [2.24, 2.45) is 0 Å². The highest BCUT2D eigenvalue weighted by molar-refractivity contribution is 5.33. The van der Waals surface area contributed by atoms with E-state index in [1.54, 1.807) is 0 Å². The highest BCUT2D eigenvalue weighted by atomic mass is 16.3. The molecular formula is C12H19NO. The van der Waals surface area contributed by atoms with Crippen molar-refractivity contribution in [1.82, 2.24) is 4.98 Å². The van der Waals surface area contributed by atoms with Crippen molar-refractivity contribution in [2.75, 3.05) is 0 Å². The molecule has 1 fully saturated rings. The van der Waals surface area contributed by atoms with Crippen LogP contribution in [0, 0.1) is 13.8 Å². The quantitative estimate of drug-likeness (QED) is 0.744. The van der Waals surface area contributed by atoms with Crippen LogP contribution in [0.1, 0.15) is 43.5 Å². The first-order valence-electron chi connectivity index (χ1n) is 5.28. The van der Waals surface area contributed by atoms with Crippen LogP contribution in [0.5, 0.6) is 0 Å². The molecule has 1 saturated carbocycles. The van der Waals surface area contributed by atoms with Gasteiger partial charge in [-0.25, -0.2) is 0 Å². The van der Waals surface area contributed by atoms with Crippen LogP contribution in [0.15, 0.2) is 12.3 Å². The first-order valence-corrected chi connectivity index (χ1v) is 5.28. The Morgan fingerprint density at radius 1 is 1.29 bits per heavy atom. The molecule has 0 atom stereocenters. The second kappa shape index (κ2) is 4.09. The fourth-order valence-electron chi connectivity index (χ4n) is 1.50. The minimum absolute atomic E-state index is 0.539. The van der Waals surface area contributed by atoms with E-state index >= 15 is 0 Å². The van der Waals surface area contributed by atoms with E-state index in [9.17, 15) is 5.11 Å². The summed E-state index contributed by atoms with van der Waals surface area (Å²) in [6.07, 6.45) is 3.61. The molecule has 2 heteroatoms. The lowest BCUT2D eigenvalue weighted by Gasteiger charge is -2.11. The number of hydrogen-bond donors (Lipinski definition) is 1. The van der Waals surface area contributed by atoms with Crippen LogP contribution < -0.4 is 0 Å². The van der Waals surface area contributed by atoms with Gasteiger partial charge in [0.2, 0.25) is 0 Å². The van der Waals surface area contributed by atoms with E-state index in [0.717, 1.165) is 29.7 Å². The van der Waals surface area contributed by atoms with Crippen LogP contribution in [0.4, 0.5) is 0 Å². The van der Waals surface area contributed by atoms with Gasteiger partial charge < -0.3 is 5.11 Å². The fourth-order valence-corrected chi connectivity index (χ4v) is 1.50. The lowest BCUT2D eigenvalue weighted by Crippen LogP contribution is -2.08. The number of pyridine rings is 1. The zero-order valence-electron chi connectivity index (χ0n) is 9.46. The van der Waals surface area contributed by atoms with Crippen molar-refractivity contribution in [3.8, 4) is 0 Å². The molecule has 2 nitrogen and oxygen atoms in total. The molecule has 1 N–H and O–H groups in total. The third-order valence-electron chi connectivity index (χ3n) is 2.45. The molecule has 78 valence electrons. The van der Waals surface area contributed by atoms with Crippen molar-refractivity contribution >= 4 is 0 Å². The Labute approximate surface area is 86.0 Å². The maximum Gasteiger partial charge on any atom is 0.0916 e. The topological polar surface area (TPSA) is 33.1 Å². The van der Waals surface area contributed by atoms with Crippen molar-refractivity contribution in [2.45, 2.75) is 46.1 Å². The molecule has 1 aromatic heterocycles. The van der Waals surface area contributed by atoms with E-state index in [1.165, 1.54) is 0 Å². The largest absolute Gasteiger partial charge is 0.385 e. The maximum atomic E-state index is 9.87. The lowest BCUT2D eigenvalue weighted by molar-refractivity contribution is 0.150. The molecule has 1 aliphatic carbocycles. The van der Waals surface area contributed by atoms with Gasteiger partial charge in [-0.05, 0) is 38.3 Å². The Kier molecular flexibility index (Phi) is 3.27. The molecule has 0 amide bonds. The molecule has 0 aliphatic heterocycles. The smallest absolute Gasteiger partial charge is 0.0916 e. The molecule has 0 saturated heterocycles. The monoisotopic (exact) mass is 193 g/mol. The maximum absolute atomic E-state index is 9.87. The van der Waals surface area contributed by atoms with Gasteiger partial charge in [0.25, 0.3) is 0 Å². The Morgan fingerprint density at radius 3 is 2.36 bits per heavy atom. The van der Waals surface area contributed by atoms with Gasteiger partial charge in [-0.1, -0.05) is 13.8 Å². The molecular weight excluding hydrogens is 174 g/mol. The van der Waals surface area contributed by atoms with Crippen molar-refractivity contribution in [3.63, 3.8) is 0 Å². The molecule has 2 rings (SSSR count). The van der Waals surface area contributed by atoms with E-state index in [-0.39, 0.29) is 0 Å². The summed E-state index contributed by atoms with van der Waals surface area (Å²) in [5.74, 6) is 0. The first-order chi connectivity index (χ1) is 6.62. The summed E-state index contributed by atoms with van der Waals surface area (Å²) in [5.41, 5.74) is 2.56. The fraction of sp³-hybridized carbons (Fsp3) is 0.583. The number of aryl methyl sites for hydroxylation is 2. The van der Waals surface area contributed by atoms with Gasteiger partial charge in [-0.3, -0.25) is 4.98 Å². The molecule has 0 bridgehead atoms. The normalized spacial score (nSPS) is 16.9. The average molecular weight is 193 g/mol. The lowest BCUT2D eigenvalue weighted by atomic mass is 10.0. The molecule has 1 aliphatic rings. The summed E-state index contributed by atoms with van der Waals surface area (Å²) in [7, 11) is 0. The van der Waals surface area contributed by atoms with Crippen LogP contribution in [0.2, 0.25) is 0 Å². The van der Waals surface area contributed by atoms with E-state index in [2.05, 4.69) is 4.98 Å². The molecule has 0 spiro atoms. The molecule has 0 unspecified atom stereocenters. The predicted molar refractivity (Wildman–Crippen MR) is 58.2 cm³/mol. The number of hydrogen-bond acceptors (Lipinski definition) is 2. The summed E-state index contributed by atoms with van der Waals surface area (Å²) in [4.78, 5) is 4.23. The number of rotatable bonds is 1. The van der Waals surface area contributed by atoms with Crippen LogP contribution in [-0.2, 0) is 5.60 Å². The minimum atomic E-state index is -0.539. The molecule has 0 aromatic carbocycles. The first kappa shape index (κ1) is 11.2. The molecule has 0 radical (unpaired) electrons. The number of nitrogens with zero attached hydrogens (tertiary/aromatic N) is 1. The van der Waals surface area contributed by atoms with Gasteiger partial charge >= 0.3 is 0 Å². The summed E-state index contributed by atoms with van der Waals surface area (Å²) >= 11 is 0. The van der Waals surface area contributed by atoms with Crippen LogP contribution in [0.3, 0.4) is 0 Å². The van der Waals surface area contributed by atoms with Crippen molar-refractivity contribution in [1.29, 1.82) is 0 Å². The van der Waals surface area contributed by atoms with Gasteiger partial charge in [-0.15, -0.1) is 0 Å². The Balaban J connectivity index is 0.000000461. The zero-order chi connectivity index (χ0) is 10.8. The minimum Gasteiger partial charge on any atom is -0.385 e. The highest BCUT2D eigenvalue weighted by Gasteiger charge is 2.43. The molecule has 14 heavy (non-hydrogen) atoms. The second-order valence-corrected chi connectivity index (χ2v) is 3.68. The number of aliphatic hydroxyl groups is 1. The summed E-state index contributed by atoms with van der Waals surface area (Å²) in [5, 5.41) is 9.87. The summed E-state index contributed by atoms with van der Waals surface area (Å²) in [6, 6.07) is 2.04. The van der Waals surface area contributed by atoms with E-state index in [1.807, 2.05) is 40.0 Å². The van der Waals surface area contributed by atoms with Crippen LogP contribution in [0.25, 0.3) is 0 Å². The third kappa shape index (κ3) is 2.13. The van der Waals surface area contributed by atoms with Crippen LogP contribution in [-0.4, -0.2) is 10.1 Å². The van der Waals surface area contributed by atoms with Crippen LogP contribution >= 0.6 is 0 Å². The highest BCUT2D eigenvalue weighted by Crippen LogP contribution is 2.46. The summed E-state index contributed by atoms with van der Waals surface area (Å²) in [6.45, 7) is 7.95. The predicted octanol–water partition coefficient (Wildman–Crippen LogP) is 2.71. The Morgan fingerprint density at radius 2 is 1.86 bits per heavy atom. The molecule has 1 aromatic rings. The molecule has 1 heterocycles. The van der Waals surface area contributed by atoms with Crippen molar-refractivity contribution < 1.29 is 5.11 Å². The third-order valence-corrected chi connectivity index (χ3v) is 2.45. The zero-order valence-corrected chi connectivity index (χ0v) is 9.46. The van der Waals surface area contributed by atoms with Gasteiger partial charge in [0.15, 0.2) is 0 Å². The van der Waals surface area contributed by atoms with Gasteiger partial charge in [0.1, 0.15) is 0 Å². The Hall–Kier alpha value is -0.890. The number of aromatic nitrogens is 1. The van der Waals surface area contributed by atoms with Gasteiger partial charge in [0, 0.05) is 17.5 Å². The van der Waals surface area contributed by atoms with Gasteiger partial charge in [0.05, 0.1) is 5.60 Å². The van der Waals surface area contributed by atoms with Gasteiger partial charge in [-0.2, -0.15) is 0 Å². The van der Waals surface area contributed by atoms with Crippen molar-refractivity contribution in [3.05, 3.63) is 29.1 Å². The summed E-state index contributed by atoms with van der Waals surface area (Å²) < 4.78 is 0. The van der Waals surface area contributed by atoms with E-state index in [4.69, 9.17) is 0 Å². The average Bonchev–Trinajstić information content (AvgIpc) is 2.93. The Bertz CT molecular complexity index is 316. The SMILES string of the molecule is CC.Cc1cnc(C)c(C2(O)CC2)c1. The van der Waals surface area contributed by atoms with E-state index < -0.39 is 5.60 Å². The van der Waals surface area contributed by atoms with E-state index in [0.29, 0.717) is 0 Å². The second-order valence-electron chi connectivity index (χ2n) is 3.68.